The zero-order chi connectivity index (χ0) is 16.6. The molecule has 2 aromatic rings. The standard InChI is InChI=1S/C20H29N5/c1-2-5-15(6-3-1)14-24-11-9-16(10-12-24)20-22-21-19-13-17-7-4-8-18(17)23-25(19)20/h13,15-16H,1-12,14H2. The second kappa shape index (κ2) is 6.67. The molecule has 3 aliphatic rings. The van der Waals surface area contributed by atoms with Crippen LogP contribution in [-0.4, -0.2) is 44.3 Å². The Bertz CT molecular complexity index is 738. The van der Waals surface area contributed by atoms with Gasteiger partial charge in [-0.2, -0.15) is 9.61 Å². The molecule has 0 N–H and O–H groups in total. The van der Waals surface area contributed by atoms with Crippen LogP contribution in [-0.2, 0) is 12.8 Å². The van der Waals surface area contributed by atoms with Gasteiger partial charge in [0.2, 0.25) is 0 Å². The number of aromatic nitrogens is 4. The molecule has 5 heteroatoms. The maximum Gasteiger partial charge on any atom is 0.178 e. The van der Waals surface area contributed by atoms with Crippen LogP contribution in [0.15, 0.2) is 6.07 Å². The summed E-state index contributed by atoms with van der Waals surface area (Å²) < 4.78 is 2.05. The quantitative estimate of drug-likeness (QED) is 0.860. The maximum atomic E-state index is 4.88. The van der Waals surface area contributed by atoms with Crippen LogP contribution in [0.5, 0.6) is 0 Å². The third-order valence-corrected chi connectivity index (χ3v) is 6.64. The van der Waals surface area contributed by atoms with Gasteiger partial charge in [-0.05, 0) is 75.6 Å². The number of nitrogens with zero attached hydrogens (tertiary/aromatic N) is 5. The number of rotatable bonds is 3. The van der Waals surface area contributed by atoms with Crippen LogP contribution in [0.2, 0.25) is 0 Å². The molecule has 0 aromatic carbocycles. The second-order valence-electron chi connectivity index (χ2n) is 8.38. The average Bonchev–Trinajstić information content (AvgIpc) is 3.27. The number of aryl methyl sites for hydroxylation is 2. The molecule has 0 unspecified atom stereocenters. The van der Waals surface area contributed by atoms with E-state index in [9.17, 15) is 0 Å². The summed E-state index contributed by atoms with van der Waals surface area (Å²) in [6.45, 7) is 3.74. The van der Waals surface area contributed by atoms with Crippen molar-refractivity contribution in [3.05, 3.63) is 23.1 Å². The molecular formula is C20H29N5. The van der Waals surface area contributed by atoms with Gasteiger partial charge in [0.15, 0.2) is 11.5 Å². The van der Waals surface area contributed by atoms with E-state index in [1.807, 2.05) is 4.52 Å². The lowest BCUT2D eigenvalue weighted by atomic mass is 9.88. The van der Waals surface area contributed by atoms with Crippen molar-refractivity contribution in [1.29, 1.82) is 0 Å². The highest BCUT2D eigenvalue weighted by molar-refractivity contribution is 5.43. The summed E-state index contributed by atoms with van der Waals surface area (Å²) in [5, 5.41) is 13.8. The molecule has 5 rings (SSSR count). The number of likely N-dealkylation sites (tertiary alicyclic amines) is 1. The summed E-state index contributed by atoms with van der Waals surface area (Å²) in [6.07, 6.45) is 13.1. The minimum absolute atomic E-state index is 0.518. The fourth-order valence-electron chi connectivity index (χ4n) is 5.16. The van der Waals surface area contributed by atoms with E-state index in [-0.39, 0.29) is 0 Å². The third-order valence-electron chi connectivity index (χ3n) is 6.64. The first-order valence-corrected chi connectivity index (χ1v) is 10.3. The van der Waals surface area contributed by atoms with Gasteiger partial charge in [-0.1, -0.05) is 19.3 Å². The molecule has 2 fully saturated rings. The third kappa shape index (κ3) is 3.07. The molecule has 1 aliphatic heterocycles. The highest BCUT2D eigenvalue weighted by atomic mass is 15.4. The second-order valence-corrected chi connectivity index (χ2v) is 8.38. The van der Waals surface area contributed by atoms with Crippen molar-refractivity contribution in [2.45, 2.75) is 70.1 Å². The largest absolute Gasteiger partial charge is 0.303 e. The summed E-state index contributed by atoms with van der Waals surface area (Å²) in [4.78, 5) is 2.70. The van der Waals surface area contributed by atoms with Crippen LogP contribution in [0.1, 0.15) is 74.4 Å². The molecule has 0 amide bonds. The van der Waals surface area contributed by atoms with E-state index in [1.165, 1.54) is 82.3 Å². The van der Waals surface area contributed by atoms with E-state index in [1.54, 1.807) is 0 Å². The minimum Gasteiger partial charge on any atom is -0.303 e. The predicted octanol–water partition coefficient (Wildman–Crippen LogP) is 3.37. The van der Waals surface area contributed by atoms with Crippen molar-refractivity contribution in [3.63, 3.8) is 0 Å². The SMILES string of the molecule is c1c2c(nn3c(C4CCN(CC5CCCCC5)CC4)nnc13)CCC2. The molecule has 5 nitrogen and oxygen atoms in total. The van der Waals surface area contributed by atoms with Crippen molar-refractivity contribution >= 4 is 5.65 Å². The van der Waals surface area contributed by atoms with Gasteiger partial charge in [0.1, 0.15) is 0 Å². The zero-order valence-electron chi connectivity index (χ0n) is 15.2. The Morgan fingerprint density at radius 1 is 0.920 bits per heavy atom. The molecule has 2 aromatic heterocycles. The van der Waals surface area contributed by atoms with E-state index in [0.29, 0.717) is 5.92 Å². The van der Waals surface area contributed by atoms with Crippen molar-refractivity contribution in [2.24, 2.45) is 5.92 Å². The lowest BCUT2D eigenvalue weighted by Crippen LogP contribution is -2.37. The van der Waals surface area contributed by atoms with E-state index in [2.05, 4.69) is 21.2 Å². The van der Waals surface area contributed by atoms with Gasteiger partial charge in [0.25, 0.3) is 0 Å². The molecule has 3 heterocycles. The van der Waals surface area contributed by atoms with E-state index >= 15 is 0 Å². The van der Waals surface area contributed by atoms with Crippen molar-refractivity contribution in [1.82, 2.24) is 24.7 Å². The molecular weight excluding hydrogens is 310 g/mol. The van der Waals surface area contributed by atoms with E-state index in [0.717, 1.165) is 30.2 Å². The fourth-order valence-corrected chi connectivity index (χ4v) is 5.16. The summed E-state index contributed by atoms with van der Waals surface area (Å²) in [5.74, 6) is 2.56. The molecule has 1 saturated carbocycles. The van der Waals surface area contributed by atoms with E-state index in [4.69, 9.17) is 5.10 Å². The van der Waals surface area contributed by atoms with Crippen LogP contribution in [0.3, 0.4) is 0 Å². The Morgan fingerprint density at radius 2 is 1.76 bits per heavy atom. The minimum atomic E-state index is 0.518. The van der Waals surface area contributed by atoms with Crippen molar-refractivity contribution in [2.75, 3.05) is 19.6 Å². The molecule has 0 spiro atoms. The number of piperidine rings is 1. The number of fused-ring (bicyclic) bond motifs is 2. The Morgan fingerprint density at radius 3 is 2.60 bits per heavy atom. The topological polar surface area (TPSA) is 46.3 Å². The molecule has 0 bridgehead atoms. The van der Waals surface area contributed by atoms with Gasteiger partial charge >= 0.3 is 0 Å². The van der Waals surface area contributed by atoms with Gasteiger partial charge in [0, 0.05) is 12.5 Å². The molecule has 25 heavy (non-hydrogen) atoms. The summed E-state index contributed by atoms with van der Waals surface area (Å²) in [7, 11) is 0. The smallest absolute Gasteiger partial charge is 0.178 e. The average molecular weight is 339 g/mol. The summed E-state index contributed by atoms with van der Waals surface area (Å²) in [5.41, 5.74) is 3.59. The van der Waals surface area contributed by atoms with Crippen molar-refractivity contribution in [3.8, 4) is 0 Å². The first kappa shape index (κ1) is 15.7. The Hall–Kier alpha value is -1.49. The summed E-state index contributed by atoms with van der Waals surface area (Å²) >= 11 is 0. The normalized spacial score (nSPS) is 23.4. The molecule has 1 saturated heterocycles. The Labute approximate surface area is 149 Å². The summed E-state index contributed by atoms with van der Waals surface area (Å²) in [6, 6.07) is 2.21. The maximum absolute atomic E-state index is 4.88. The zero-order valence-corrected chi connectivity index (χ0v) is 15.2. The lowest BCUT2D eigenvalue weighted by Gasteiger charge is -2.34. The van der Waals surface area contributed by atoms with Gasteiger partial charge in [-0.3, -0.25) is 0 Å². The first-order valence-electron chi connectivity index (χ1n) is 10.3. The van der Waals surface area contributed by atoms with Gasteiger partial charge in [-0.25, -0.2) is 0 Å². The van der Waals surface area contributed by atoms with Gasteiger partial charge < -0.3 is 4.90 Å². The van der Waals surface area contributed by atoms with Gasteiger partial charge in [0.05, 0.1) is 5.69 Å². The monoisotopic (exact) mass is 339 g/mol. The molecule has 0 radical (unpaired) electrons. The first-order chi connectivity index (χ1) is 12.4. The molecule has 2 aliphatic carbocycles. The van der Waals surface area contributed by atoms with Crippen LogP contribution in [0, 0.1) is 5.92 Å². The van der Waals surface area contributed by atoms with E-state index < -0.39 is 0 Å². The fraction of sp³-hybridized carbons (Fsp3) is 0.750. The predicted molar refractivity (Wildman–Crippen MR) is 97.8 cm³/mol. The van der Waals surface area contributed by atoms with Crippen LogP contribution in [0.4, 0.5) is 0 Å². The van der Waals surface area contributed by atoms with Crippen molar-refractivity contribution < 1.29 is 0 Å². The number of hydrogen-bond donors (Lipinski definition) is 0. The Balaban J connectivity index is 1.27. The van der Waals surface area contributed by atoms with Crippen LogP contribution < -0.4 is 0 Å². The van der Waals surface area contributed by atoms with Gasteiger partial charge in [-0.15, -0.1) is 10.2 Å². The number of hydrogen-bond acceptors (Lipinski definition) is 4. The van der Waals surface area contributed by atoms with Crippen LogP contribution >= 0.6 is 0 Å². The highest BCUT2D eigenvalue weighted by Gasteiger charge is 2.27. The molecule has 0 atom stereocenters. The van der Waals surface area contributed by atoms with Crippen LogP contribution in [0.25, 0.3) is 5.65 Å². The Kier molecular flexibility index (Phi) is 4.20. The lowest BCUT2D eigenvalue weighted by molar-refractivity contribution is 0.161. The highest BCUT2D eigenvalue weighted by Crippen LogP contribution is 2.30. The molecule has 134 valence electrons.